The lowest BCUT2D eigenvalue weighted by Crippen LogP contribution is -2.24. The van der Waals surface area contributed by atoms with Crippen LogP contribution < -0.4 is 0 Å². The number of hydrogen-bond acceptors (Lipinski definition) is 5. The summed E-state index contributed by atoms with van der Waals surface area (Å²) in [4.78, 5) is 12.2. The first-order chi connectivity index (χ1) is 16.5. The van der Waals surface area contributed by atoms with Crippen LogP contribution in [0.3, 0.4) is 0 Å². The van der Waals surface area contributed by atoms with Gasteiger partial charge in [-0.3, -0.25) is 4.99 Å². The molecule has 6 nitrogen and oxygen atoms in total. The first-order valence-electron chi connectivity index (χ1n) is 11.9. The van der Waals surface area contributed by atoms with Gasteiger partial charge in [-0.25, -0.2) is 17.4 Å². The Kier molecular flexibility index (Phi) is 7.44. The fourth-order valence-electron chi connectivity index (χ4n) is 4.28. The molecule has 0 fully saturated rings. The smallest absolute Gasteiger partial charge is 0.268 e. The minimum Gasteiger partial charge on any atom is -0.304 e. The second-order valence-electron chi connectivity index (χ2n) is 8.50. The summed E-state index contributed by atoms with van der Waals surface area (Å²) in [6, 6.07) is 18.3. The molecule has 178 valence electrons. The monoisotopic (exact) mass is 476 g/mol. The van der Waals surface area contributed by atoms with Gasteiger partial charge in [-0.1, -0.05) is 50.2 Å². The Hall–Kier alpha value is -3.03. The molecule has 0 bridgehead atoms. The van der Waals surface area contributed by atoms with E-state index >= 15 is 0 Å². The van der Waals surface area contributed by atoms with Crippen molar-refractivity contribution in [2.24, 2.45) is 4.99 Å². The fourth-order valence-corrected chi connectivity index (χ4v) is 5.66. The number of benzene rings is 2. The normalized spacial score (nSPS) is 13.4. The van der Waals surface area contributed by atoms with Crippen molar-refractivity contribution in [1.29, 1.82) is 0 Å². The molecule has 0 aliphatic rings. The van der Waals surface area contributed by atoms with Crippen LogP contribution in [0.15, 0.2) is 76.7 Å². The Morgan fingerprint density at radius 3 is 2.44 bits per heavy atom. The van der Waals surface area contributed by atoms with Crippen LogP contribution in [-0.2, 0) is 10.0 Å². The molecule has 4 aromatic rings. The minimum absolute atomic E-state index is 0.119. The molecule has 34 heavy (non-hydrogen) atoms. The van der Waals surface area contributed by atoms with Crippen LogP contribution in [0.2, 0.25) is 0 Å². The molecule has 0 aliphatic carbocycles. The van der Waals surface area contributed by atoms with E-state index in [0.29, 0.717) is 11.2 Å². The van der Waals surface area contributed by atoms with Gasteiger partial charge in [0.15, 0.2) is 0 Å². The van der Waals surface area contributed by atoms with E-state index in [9.17, 15) is 8.42 Å². The summed E-state index contributed by atoms with van der Waals surface area (Å²) >= 11 is 0. The molecule has 4 rings (SSSR count). The zero-order chi connectivity index (χ0) is 24.1. The topological polar surface area (TPSA) is 67.6 Å². The molecule has 0 amide bonds. The lowest BCUT2D eigenvalue weighted by Gasteiger charge is -2.18. The molecule has 0 aliphatic heterocycles. The summed E-state index contributed by atoms with van der Waals surface area (Å²) in [7, 11) is -3.77. The summed E-state index contributed by atoms with van der Waals surface area (Å²) in [6.45, 7) is 9.63. The van der Waals surface area contributed by atoms with Crippen LogP contribution in [-0.4, -0.2) is 54.2 Å². The molecule has 1 atom stereocenters. The molecule has 0 N–H and O–H groups in total. The quantitative estimate of drug-likeness (QED) is 0.289. The highest BCUT2D eigenvalue weighted by Gasteiger charge is 2.22. The predicted molar refractivity (Wildman–Crippen MR) is 140 cm³/mol. The number of para-hydroxylation sites is 1. The van der Waals surface area contributed by atoms with Gasteiger partial charge in [0.25, 0.3) is 10.0 Å². The maximum absolute atomic E-state index is 13.5. The molecule has 2 aromatic carbocycles. The molecule has 0 spiro atoms. The number of nitrogens with zero attached hydrogens (tertiary/aromatic N) is 4. The van der Waals surface area contributed by atoms with Crippen molar-refractivity contribution < 1.29 is 8.42 Å². The highest BCUT2D eigenvalue weighted by molar-refractivity contribution is 7.90. The summed E-state index contributed by atoms with van der Waals surface area (Å²) in [5.41, 5.74) is 1.94. The zero-order valence-electron chi connectivity index (χ0n) is 20.1. The van der Waals surface area contributed by atoms with E-state index < -0.39 is 10.0 Å². The Labute approximate surface area is 202 Å². The number of aromatic nitrogens is 2. The van der Waals surface area contributed by atoms with Gasteiger partial charge in [0.1, 0.15) is 5.69 Å². The van der Waals surface area contributed by atoms with E-state index in [1.54, 1.807) is 36.7 Å². The van der Waals surface area contributed by atoms with Gasteiger partial charge in [0.05, 0.1) is 15.9 Å². The first kappa shape index (κ1) is 24.1. The first-order valence-corrected chi connectivity index (χ1v) is 13.4. The second kappa shape index (κ2) is 10.5. The SMILES string of the molecule is CCN(CC)CCCC(C)N=Cc1nc2ccccc2c2ccn(S(=O)(=O)c3ccccc3)c12. The fraction of sp³-hybridized carbons (Fsp3) is 0.333. The maximum Gasteiger partial charge on any atom is 0.268 e. The van der Waals surface area contributed by atoms with Gasteiger partial charge < -0.3 is 4.90 Å². The van der Waals surface area contributed by atoms with E-state index in [1.807, 2.05) is 36.4 Å². The zero-order valence-corrected chi connectivity index (χ0v) is 20.9. The number of fused-ring (bicyclic) bond motifs is 3. The molecule has 0 radical (unpaired) electrons. The van der Waals surface area contributed by atoms with Crippen molar-refractivity contribution in [3.05, 3.63) is 72.6 Å². The summed E-state index contributed by atoms with van der Waals surface area (Å²) < 4.78 is 28.3. The summed E-state index contributed by atoms with van der Waals surface area (Å²) in [6.07, 6.45) is 5.40. The Morgan fingerprint density at radius 1 is 1.00 bits per heavy atom. The van der Waals surface area contributed by atoms with Gasteiger partial charge in [-0.15, -0.1) is 0 Å². The van der Waals surface area contributed by atoms with Crippen LogP contribution in [0.4, 0.5) is 0 Å². The van der Waals surface area contributed by atoms with Crippen LogP contribution in [0.5, 0.6) is 0 Å². The van der Waals surface area contributed by atoms with Crippen molar-refractivity contribution in [3.8, 4) is 0 Å². The molecule has 7 heteroatoms. The lowest BCUT2D eigenvalue weighted by atomic mass is 10.1. The largest absolute Gasteiger partial charge is 0.304 e. The van der Waals surface area contributed by atoms with Gasteiger partial charge >= 0.3 is 0 Å². The summed E-state index contributed by atoms with van der Waals surface area (Å²) in [5, 5.41) is 1.77. The molecule has 2 aromatic heterocycles. The standard InChI is InChI=1S/C27H32N4O2S/c1-4-30(5-2)18-11-12-21(3)28-20-26-27-24(23-15-9-10-16-25(23)29-26)17-19-31(27)34(32,33)22-13-7-6-8-14-22/h6-10,13-17,19-21H,4-5,11-12,18H2,1-3H3. The van der Waals surface area contributed by atoms with Crippen LogP contribution in [0.1, 0.15) is 39.3 Å². The van der Waals surface area contributed by atoms with E-state index in [-0.39, 0.29) is 10.9 Å². The average Bonchev–Trinajstić information content (AvgIpc) is 3.32. The molecular formula is C27H32N4O2S. The third kappa shape index (κ3) is 4.91. The Balaban J connectivity index is 1.73. The third-order valence-corrected chi connectivity index (χ3v) is 7.96. The summed E-state index contributed by atoms with van der Waals surface area (Å²) in [5.74, 6) is 0. The van der Waals surface area contributed by atoms with Crippen molar-refractivity contribution in [2.75, 3.05) is 19.6 Å². The van der Waals surface area contributed by atoms with E-state index in [1.165, 1.54) is 3.97 Å². The van der Waals surface area contributed by atoms with E-state index in [0.717, 1.165) is 48.8 Å². The van der Waals surface area contributed by atoms with Crippen molar-refractivity contribution in [2.45, 2.75) is 44.6 Å². The second-order valence-corrected chi connectivity index (χ2v) is 10.3. The number of aliphatic imine (C=N–C) groups is 1. The van der Waals surface area contributed by atoms with Crippen LogP contribution >= 0.6 is 0 Å². The number of hydrogen-bond donors (Lipinski definition) is 0. The van der Waals surface area contributed by atoms with E-state index in [4.69, 9.17) is 9.98 Å². The molecule has 0 saturated carbocycles. The third-order valence-electron chi connectivity index (χ3n) is 6.27. The molecule has 2 heterocycles. The Morgan fingerprint density at radius 2 is 1.71 bits per heavy atom. The average molecular weight is 477 g/mol. The van der Waals surface area contributed by atoms with Crippen molar-refractivity contribution >= 4 is 38.0 Å². The molecule has 1 unspecified atom stereocenters. The van der Waals surface area contributed by atoms with Gasteiger partial charge in [-0.2, -0.15) is 0 Å². The van der Waals surface area contributed by atoms with E-state index in [2.05, 4.69) is 25.7 Å². The predicted octanol–water partition coefficient (Wildman–Crippen LogP) is 5.36. The highest BCUT2D eigenvalue weighted by atomic mass is 32.2. The lowest BCUT2D eigenvalue weighted by molar-refractivity contribution is 0.294. The molecular weight excluding hydrogens is 444 g/mol. The molecule has 0 saturated heterocycles. The Bertz CT molecular complexity index is 1390. The van der Waals surface area contributed by atoms with Gasteiger partial charge in [-0.05, 0) is 63.7 Å². The maximum atomic E-state index is 13.5. The van der Waals surface area contributed by atoms with Crippen LogP contribution in [0.25, 0.3) is 21.8 Å². The number of rotatable bonds is 10. The van der Waals surface area contributed by atoms with Gasteiger partial charge in [0.2, 0.25) is 0 Å². The number of pyridine rings is 1. The minimum atomic E-state index is -3.77. The van der Waals surface area contributed by atoms with Crippen molar-refractivity contribution in [1.82, 2.24) is 13.9 Å². The highest BCUT2D eigenvalue weighted by Crippen LogP contribution is 2.29. The van der Waals surface area contributed by atoms with Crippen molar-refractivity contribution in [3.63, 3.8) is 0 Å². The van der Waals surface area contributed by atoms with Crippen LogP contribution in [0, 0.1) is 0 Å². The van der Waals surface area contributed by atoms with Gasteiger partial charge in [0, 0.05) is 29.2 Å².